The molecule has 0 aliphatic carbocycles. The number of benzene rings is 2. The maximum Gasteiger partial charge on any atom is 0.416 e. The van der Waals surface area contributed by atoms with E-state index in [1.165, 1.54) is 17.1 Å². The molecule has 0 aromatic heterocycles. The predicted octanol–water partition coefficient (Wildman–Crippen LogP) is 4.24. The molecular formula is C18H21F3N2O. The number of nitrogens with two attached hydrogens (primary N) is 1. The van der Waals surface area contributed by atoms with Crippen LogP contribution in [0.25, 0.3) is 0 Å². The summed E-state index contributed by atoms with van der Waals surface area (Å²) in [5.74, 6) is 6.47. The topological polar surface area (TPSA) is 49.5 Å². The van der Waals surface area contributed by atoms with Crippen LogP contribution in [0.3, 0.4) is 0 Å². The highest BCUT2D eigenvalue weighted by Gasteiger charge is 2.30. The van der Waals surface area contributed by atoms with Crippen LogP contribution in [0.2, 0.25) is 0 Å². The normalized spacial score (nSPS) is 13.2. The number of hydrazine groups is 1. The van der Waals surface area contributed by atoms with Crippen LogP contribution in [-0.2, 0) is 6.18 Å². The molecule has 3 N–H and O–H groups in total. The van der Waals surface area contributed by atoms with Gasteiger partial charge in [-0.15, -0.1) is 0 Å². The Bertz CT molecular complexity index is 651. The van der Waals surface area contributed by atoms with Gasteiger partial charge >= 0.3 is 6.18 Å². The Morgan fingerprint density at radius 2 is 1.46 bits per heavy atom. The molecule has 0 heterocycles. The summed E-state index contributed by atoms with van der Waals surface area (Å²) in [6.07, 6.45) is -4.39. The first-order chi connectivity index (χ1) is 11.2. The van der Waals surface area contributed by atoms with Crippen molar-refractivity contribution in [1.82, 2.24) is 0 Å². The number of nitrogens with zero attached hydrogens (tertiary/aromatic N) is 1. The summed E-state index contributed by atoms with van der Waals surface area (Å²) in [7, 11) is 0. The van der Waals surface area contributed by atoms with Gasteiger partial charge in [0.25, 0.3) is 0 Å². The SMILES string of the molecule is CC(C)c1ccc(N(N)C(CO)c2ccc(C(F)(F)F)cc2)cc1. The highest BCUT2D eigenvalue weighted by molar-refractivity contribution is 5.49. The first kappa shape index (κ1) is 18.3. The first-order valence-corrected chi connectivity index (χ1v) is 7.66. The fraction of sp³-hybridized carbons (Fsp3) is 0.333. The zero-order valence-electron chi connectivity index (χ0n) is 13.6. The molecule has 0 saturated heterocycles. The van der Waals surface area contributed by atoms with Gasteiger partial charge in [-0.25, -0.2) is 5.84 Å². The van der Waals surface area contributed by atoms with Crippen molar-refractivity contribution < 1.29 is 18.3 Å². The number of alkyl halides is 3. The molecule has 130 valence electrons. The van der Waals surface area contributed by atoms with Crippen LogP contribution in [0, 0.1) is 0 Å². The van der Waals surface area contributed by atoms with E-state index in [4.69, 9.17) is 5.84 Å². The third-order valence-electron chi connectivity index (χ3n) is 3.99. The highest BCUT2D eigenvalue weighted by atomic mass is 19.4. The Morgan fingerprint density at radius 3 is 1.88 bits per heavy atom. The zero-order valence-corrected chi connectivity index (χ0v) is 13.6. The molecule has 2 aromatic rings. The lowest BCUT2D eigenvalue weighted by Gasteiger charge is -2.28. The lowest BCUT2D eigenvalue weighted by molar-refractivity contribution is -0.137. The maximum absolute atomic E-state index is 12.6. The number of hydrogen-bond donors (Lipinski definition) is 2. The number of rotatable bonds is 5. The van der Waals surface area contributed by atoms with Crippen molar-refractivity contribution in [3.8, 4) is 0 Å². The van der Waals surface area contributed by atoms with Gasteiger partial charge in [-0.05, 0) is 41.3 Å². The summed E-state index contributed by atoms with van der Waals surface area (Å²) < 4.78 is 37.9. The van der Waals surface area contributed by atoms with Gasteiger partial charge in [0.1, 0.15) is 0 Å². The zero-order chi connectivity index (χ0) is 17.9. The summed E-state index contributed by atoms with van der Waals surface area (Å²) in [5.41, 5.74) is 1.62. The van der Waals surface area contributed by atoms with E-state index in [2.05, 4.69) is 13.8 Å². The summed E-state index contributed by atoms with van der Waals surface area (Å²) in [6, 6.07) is 11.6. The quantitative estimate of drug-likeness (QED) is 0.633. The smallest absolute Gasteiger partial charge is 0.394 e. The number of aliphatic hydroxyl groups is 1. The molecule has 0 aliphatic rings. The van der Waals surface area contributed by atoms with E-state index >= 15 is 0 Å². The first-order valence-electron chi connectivity index (χ1n) is 7.66. The molecular weight excluding hydrogens is 317 g/mol. The van der Waals surface area contributed by atoms with E-state index in [-0.39, 0.29) is 6.61 Å². The minimum Gasteiger partial charge on any atom is -0.394 e. The molecule has 0 spiro atoms. The lowest BCUT2D eigenvalue weighted by Crippen LogP contribution is -2.37. The molecule has 0 saturated carbocycles. The van der Waals surface area contributed by atoms with Crippen LogP contribution in [0.4, 0.5) is 18.9 Å². The molecule has 24 heavy (non-hydrogen) atoms. The molecule has 0 amide bonds. The molecule has 3 nitrogen and oxygen atoms in total. The van der Waals surface area contributed by atoms with Gasteiger partial charge in [0.15, 0.2) is 0 Å². The monoisotopic (exact) mass is 338 g/mol. The van der Waals surface area contributed by atoms with Crippen molar-refractivity contribution in [2.75, 3.05) is 11.6 Å². The van der Waals surface area contributed by atoms with Crippen LogP contribution in [0.15, 0.2) is 48.5 Å². The lowest BCUT2D eigenvalue weighted by atomic mass is 10.0. The summed E-state index contributed by atoms with van der Waals surface area (Å²) >= 11 is 0. The summed E-state index contributed by atoms with van der Waals surface area (Å²) in [4.78, 5) is 0. The average Bonchev–Trinajstić information content (AvgIpc) is 2.55. The highest BCUT2D eigenvalue weighted by Crippen LogP contribution is 2.31. The molecule has 2 aromatic carbocycles. The van der Waals surface area contributed by atoms with Crippen LogP contribution >= 0.6 is 0 Å². The Kier molecular flexibility index (Phi) is 5.51. The van der Waals surface area contributed by atoms with E-state index in [1.807, 2.05) is 24.3 Å². The van der Waals surface area contributed by atoms with E-state index < -0.39 is 17.8 Å². The molecule has 6 heteroatoms. The van der Waals surface area contributed by atoms with Gasteiger partial charge in [0.05, 0.1) is 23.9 Å². The van der Waals surface area contributed by atoms with Gasteiger partial charge < -0.3 is 10.1 Å². The molecule has 1 unspecified atom stereocenters. The van der Waals surface area contributed by atoms with Gasteiger partial charge in [-0.1, -0.05) is 38.1 Å². The minimum atomic E-state index is -4.39. The second-order valence-corrected chi connectivity index (χ2v) is 5.97. The van der Waals surface area contributed by atoms with Crippen LogP contribution in [0.1, 0.15) is 42.5 Å². The van der Waals surface area contributed by atoms with Crippen LogP contribution in [-0.4, -0.2) is 11.7 Å². The molecule has 1 atom stereocenters. The average molecular weight is 338 g/mol. The Balaban J connectivity index is 2.23. The second kappa shape index (κ2) is 7.23. The Labute approximate surface area is 139 Å². The van der Waals surface area contributed by atoms with Crippen molar-refractivity contribution in [2.24, 2.45) is 5.84 Å². The van der Waals surface area contributed by atoms with Crippen molar-refractivity contribution >= 4 is 5.69 Å². The number of halogens is 3. The largest absolute Gasteiger partial charge is 0.416 e. The van der Waals surface area contributed by atoms with Crippen LogP contribution in [0.5, 0.6) is 0 Å². The standard InChI is InChI=1S/C18H21F3N2O/c1-12(2)13-5-9-16(10-6-13)23(22)17(11-24)14-3-7-15(8-4-14)18(19,20)21/h3-10,12,17,24H,11,22H2,1-2H3. The predicted molar refractivity (Wildman–Crippen MR) is 88.5 cm³/mol. The Morgan fingerprint density at radius 1 is 0.958 bits per heavy atom. The third-order valence-corrected chi connectivity index (χ3v) is 3.99. The van der Waals surface area contributed by atoms with Crippen molar-refractivity contribution in [2.45, 2.75) is 32.0 Å². The molecule has 0 fully saturated rings. The van der Waals surface area contributed by atoms with E-state index in [1.54, 1.807) is 0 Å². The van der Waals surface area contributed by atoms with Gasteiger partial charge in [-0.3, -0.25) is 0 Å². The number of aliphatic hydroxyl groups excluding tert-OH is 1. The fourth-order valence-corrected chi connectivity index (χ4v) is 2.46. The molecule has 0 radical (unpaired) electrons. The van der Waals surface area contributed by atoms with E-state index in [0.29, 0.717) is 17.2 Å². The van der Waals surface area contributed by atoms with Crippen molar-refractivity contribution in [1.29, 1.82) is 0 Å². The number of hydrogen-bond acceptors (Lipinski definition) is 3. The van der Waals surface area contributed by atoms with E-state index in [0.717, 1.165) is 17.7 Å². The molecule has 2 rings (SSSR count). The van der Waals surface area contributed by atoms with Gasteiger partial charge in [-0.2, -0.15) is 13.2 Å². The molecule has 0 aliphatic heterocycles. The maximum atomic E-state index is 12.6. The van der Waals surface area contributed by atoms with Crippen molar-refractivity contribution in [3.05, 3.63) is 65.2 Å². The van der Waals surface area contributed by atoms with Crippen LogP contribution < -0.4 is 10.9 Å². The number of anilines is 1. The van der Waals surface area contributed by atoms with Crippen molar-refractivity contribution in [3.63, 3.8) is 0 Å². The van der Waals surface area contributed by atoms with E-state index in [9.17, 15) is 18.3 Å². The summed E-state index contributed by atoms with van der Waals surface area (Å²) in [5, 5.41) is 11.0. The Hall–Kier alpha value is -2.05. The fourth-order valence-electron chi connectivity index (χ4n) is 2.46. The van der Waals surface area contributed by atoms with Gasteiger partial charge in [0.2, 0.25) is 0 Å². The third kappa shape index (κ3) is 4.07. The molecule has 0 bridgehead atoms. The minimum absolute atomic E-state index is 0.312. The summed E-state index contributed by atoms with van der Waals surface area (Å²) in [6.45, 7) is 3.84. The second-order valence-electron chi connectivity index (χ2n) is 5.97. The van der Waals surface area contributed by atoms with Gasteiger partial charge in [0, 0.05) is 0 Å².